The fraction of sp³-hybridized carbons (Fsp3) is 0.190. The molecule has 2 aromatic carbocycles. The quantitative estimate of drug-likeness (QED) is 0.656. The van der Waals surface area contributed by atoms with Gasteiger partial charge in [-0.25, -0.2) is 4.98 Å². The molecule has 0 aliphatic carbocycles. The largest absolute Gasteiger partial charge is 0.439 e. The van der Waals surface area contributed by atoms with E-state index in [2.05, 4.69) is 21.4 Å². The average Bonchev–Trinajstić information content (AvgIpc) is 2.69. The Bertz CT molecular complexity index is 949. The van der Waals surface area contributed by atoms with Crippen LogP contribution in [0.15, 0.2) is 54.7 Å². The summed E-state index contributed by atoms with van der Waals surface area (Å²) in [7, 11) is 0. The molecule has 6 heteroatoms. The summed E-state index contributed by atoms with van der Waals surface area (Å²) in [6.07, 6.45) is 1.63. The molecule has 0 amide bonds. The van der Waals surface area contributed by atoms with Gasteiger partial charge in [-0.2, -0.15) is 10.2 Å². The Labute approximate surface area is 158 Å². The van der Waals surface area contributed by atoms with Gasteiger partial charge in [0.05, 0.1) is 18.2 Å². The summed E-state index contributed by atoms with van der Waals surface area (Å²) >= 11 is 0. The zero-order chi connectivity index (χ0) is 19.1. The zero-order valence-electron chi connectivity index (χ0n) is 15.3. The van der Waals surface area contributed by atoms with Crippen LogP contribution >= 0.6 is 0 Å². The first-order valence-electron chi connectivity index (χ1n) is 8.63. The number of nitriles is 1. The van der Waals surface area contributed by atoms with Crippen molar-refractivity contribution in [3.63, 3.8) is 0 Å². The molecule has 0 aliphatic rings. The Morgan fingerprint density at radius 3 is 2.63 bits per heavy atom. The monoisotopic (exact) mass is 360 g/mol. The van der Waals surface area contributed by atoms with Crippen molar-refractivity contribution in [1.82, 2.24) is 9.97 Å². The van der Waals surface area contributed by atoms with Crippen molar-refractivity contribution >= 4 is 11.6 Å². The highest BCUT2D eigenvalue weighted by Gasteiger charge is 2.06. The molecule has 0 atom stereocenters. The standard InChI is InChI=1S/C21H20N4O2/c1-3-26-14-17-6-9-19(15(2)12-17)27-20-10-11-23-21(25-20)24-18-7-4-16(13-22)5-8-18/h4-12H,3,14H2,1-2H3,(H,23,24,25). The molecular weight excluding hydrogens is 340 g/mol. The maximum atomic E-state index is 8.86. The molecule has 0 fully saturated rings. The molecule has 1 N–H and O–H groups in total. The molecule has 0 saturated heterocycles. The highest BCUT2D eigenvalue weighted by Crippen LogP contribution is 2.25. The van der Waals surface area contributed by atoms with Crippen LogP contribution in [0.25, 0.3) is 0 Å². The van der Waals surface area contributed by atoms with Crippen molar-refractivity contribution in [2.45, 2.75) is 20.5 Å². The van der Waals surface area contributed by atoms with Gasteiger partial charge in [-0.3, -0.25) is 0 Å². The van der Waals surface area contributed by atoms with E-state index in [-0.39, 0.29) is 0 Å². The first-order valence-corrected chi connectivity index (χ1v) is 8.63. The third kappa shape index (κ3) is 5.03. The summed E-state index contributed by atoms with van der Waals surface area (Å²) in [5.74, 6) is 1.60. The van der Waals surface area contributed by atoms with Crippen LogP contribution in [-0.2, 0) is 11.3 Å². The van der Waals surface area contributed by atoms with Gasteiger partial charge in [0.25, 0.3) is 0 Å². The highest BCUT2D eigenvalue weighted by molar-refractivity contribution is 5.55. The molecule has 1 aromatic heterocycles. The molecule has 3 rings (SSSR count). The van der Waals surface area contributed by atoms with E-state index >= 15 is 0 Å². The molecule has 3 aromatic rings. The maximum absolute atomic E-state index is 8.86. The lowest BCUT2D eigenvalue weighted by Gasteiger charge is -2.11. The van der Waals surface area contributed by atoms with E-state index in [1.54, 1.807) is 36.5 Å². The SMILES string of the molecule is CCOCc1ccc(Oc2ccnc(Nc3ccc(C#N)cc3)n2)c(C)c1. The van der Waals surface area contributed by atoms with Crippen molar-refractivity contribution in [1.29, 1.82) is 5.26 Å². The molecule has 0 radical (unpaired) electrons. The Hall–Kier alpha value is -3.43. The number of nitrogens with one attached hydrogen (secondary N) is 1. The van der Waals surface area contributed by atoms with Gasteiger partial charge < -0.3 is 14.8 Å². The van der Waals surface area contributed by atoms with Crippen LogP contribution in [0, 0.1) is 18.3 Å². The predicted molar refractivity (Wildman–Crippen MR) is 103 cm³/mol. The summed E-state index contributed by atoms with van der Waals surface area (Å²) in [4.78, 5) is 8.59. The van der Waals surface area contributed by atoms with Crippen LogP contribution < -0.4 is 10.1 Å². The molecule has 27 heavy (non-hydrogen) atoms. The summed E-state index contributed by atoms with van der Waals surface area (Å²) in [5, 5.41) is 12.0. The smallest absolute Gasteiger partial charge is 0.230 e. The normalized spacial score (nSPS) is 10.3. The van der Waals surface area contributed by atoms with Gasteiger partial charge in [0.1, 0.15) is 5.75 Å². The number of aromatic nitrogens is 2. The number of rotatable bonds is 7. The fourth-order valence-corrected chi connectivity index (χ4v) is 2.46. The first kappa shape index (κ1) is 18.4. The Morgan fingerprint density at radius 1 is 1.11 bits per heavy atom. The molecule has 0 aliphatic heterocycles. The lowest BCUT2D eigenvalue weighted by atomic mass is 10.1. The molecule has 0 saturated carbocycles. The number of anilines is 2. The molecule has 0 bridgehead atoms. The molecule has 0 unspecified atom stereocenters. The van der Waals surface area contributed by atoms with E-state index < -0.39 is 0 Å². The van der Waals surface area contributed by atoms with Crippen molar-refractivity contribution in [2.75, 3.05) is 11.9 Å². The van der Waals surface area contributed by atoms with E-state index in [1.165, 1.54) is 0 Å². The van der Waals surface area contributed by atoms with Gasteiger partial charge in [-0.1, -0.05) is 12.1 Å². The van der Waals surface area contributed by atoms with Crippen molar-refractivity contribution in [3.05, 3.63) is 71.4 Å². The lowest BCUT2D eigenvalue weighted by Crippen LogP contribution is -1.99. The number of aryl methyl sites for hydroxylation is 1. The van der Waals surface area contributed by atoms with Crippen LogP contribution in [0.2, 0.25) is 0 Å². The Morgan fingerprint density at radius 2 is 1.93 bits per heavy atom. The minimum atomic E-state index is 0.419. The third-order valence-corrected chi connectivity index (χ3v) is 3.83. The summed E-state index contributed by atoms with van der Waals surface area (Å²) in [6, 6.07) is 16.8. The molecule has 1 heterocycles. The summed E-state index contributed by atoms with van der Waals surface area (Å²) < 4.78 is 11.3. The zero-order valence-corrected chi connectivity index (χ0v) is 15.3. The number of nitrogens with zero attached hydrogens (tertiary/aromatic N) is 3. The fourth-order valence-electron chi connectivity index (χ4n) is 2.46. The second-order valence-corrected chi connectivity index (χ2v) is 5.87. The third-order valence-electron chi connectivity index (χ3n) is 3.83. The molecular formula is C21H20N4O2. The van der Waals surface area contributed by atoms with Crippen LogP contribution in [-0.4, -0.2) is 16.6 Å². The van der Waals surface area contributed by atoms with E-state index in [0.717, 1.165) is 22.6 Å². The maximum Gasteiger partial charge on any atom is 0.230 e. The van der Waals surface area contributed by atoms with Crippen LogP contribution in [0.4, 0.5) is 11.6 Å². The molecule has 6 nitrogen and oxygen atoms in total. The van der Waals surface area contributed by atoms with Crippen LogP contribution in [0.1, 0.15) is 23.6 Å². The van der Waals surface area contributed by atoms with Crippen molar-refractivity contribution < 1.29 is 9.47 Å². The van der Waals surface area contributed by atoms with E-state index in [4.69, 9.17) is 14.7 Å². The van der Waals surface area contributed by atoms with Gasteiger partial charge in [-0.05, 0) is 55.3 Å². The van der Waals surface area contributed by atoms with Gasteiger partial charge in [0.15, 0.2) is 0 Å². The van der Waals surface area contributed by atoms with Crippen LogP contribution in [0.5, 0.6) is 11.6 Å². The molecule has 136 valence electrons. The van der Waals surface area contributed by atoms with Gasteiger partial charge in [0, 0.05) is 24.6 Å². The number of hydrogen-bond acceptors (Lipinski definition) is 6. The van der Waals surface area contributed by atoms with E-state index in [0.29, 0.717) is 30.6 Å². The Kier molecular flexibility index (Phi) is 5.98. The second-order valence-electron chi connectivity index (χ2n) is 5.87. The summed E-state index contributed by atoms with van der Waals surface area (Å²) in [5.41, 5.74) is 3.50. The minimum Gasteiger partial charge on any atom is -0.439 e. The topological polar surface area (TPSA) is 80.1 Å². The first-order chi connectivity index (χ1) is 13.2. The highest BCUT2D eigenvalue weighted by atomic mass is 16.5. The second kappa shape index (κ2) is 8.79. The number of hydrogen-bond donors (Lipinski definition) is 1. The Balaban J connectivity index is 1.71. The number of ether oxygens (including phenoxy) is 2. The lowest BCUT2D eigenvalue weighted by molar-refractivity contribution is 0.134. The minimum absolute atomic E-state index is 0.419. The van der Waals surface area contributed by atoms with Crippen molar-refractivity contribution in [3.8, 4) is 17.7 Å². The van der Waals surface area contributed by atoms with E-state index in [1.807, 2.05) is 32.0 Å². The molecule has 0 spiro atoms. The summed E-state index contributed by atoms with van der Waals surface area (Å²) in [6.45, 7) is 5.24. The van der Waals surface area contributed by atoms with Crippen LogP contribution in [0.3, 0.4) is 0 Å². The van der Waals surface area contributed by atoms with Gasteiger partial charge in [0.2, 0.25) is 11.8 Å². The average molecular weight is 360 g/mol. The van der Waals surface area contributed by atoms with Crippen molar-refractivity contribution in [2.24, 2.45) is 0 Å². The van der Waals surface area contributed by atoms with E-state index in [9.17, 15) is 0 Å². The predicted octanol–water partition coefficient (Wildman–Crippen LogP) is 4.73. The number of benzene rings is 2. The van der Waals surface area contributed by atoms with Gasteiger partial charge >= 0.3 is 0 Å². The van der Waals surface area contributed by atoms with Gasteiger partial charge in [-0.15, -0.1) is 0 Å².